The van der Waals surface area contributed by atoms with Crippen molar-refractivity contribution in [3.63, 3.8) is 0 Å². The van der Waals surface area contributed by atoms with E-state index >= 15 is 0 Å². The van der Waals surface area contributed by atoms with Crippen LogP contribution in [0.15, 0.2) is 131 Å². The van der Waals surface area contributed by atoms with Crippen molar-refractivity contribution in [2.75, 3.05) is 91.6 Å². The summed E-state index contributed by atoms with van der Waals surface area (Å²) in [6.45, 7) is 11.0. The highest BCUT2D eigenvalue weighted by atomic mass is 35.5. The predicted molar refractivity (Wildman–Crippen MR) is 295 cm³/mol. The predicted octanol–water partition coefficient (Wildman–Crippen LogP) is 11.3. The first-order chi connectivity index (χ1) is 35.4. The molecular formula is C57H65ClF3N7O4S2. The van der Waals surface area contributed by atoms with E-state index in [2.05, 4.69) is 66.3 Å². The van der Waals surface area contributed by atoms with Gasteiger partial charge in [-0.3, -0.25) is 4.79 Å². The molecule has 3 fully saturated rings. The lowest BCUT2D eigenvalue weighted by Gasteiger charge is -2.37. The average molecular weight is 1070 g/mol. The van der Waals surface area contributed by atoms with E-state index in [0.717, 1.165) is 107 Å². The second-order valence-electron chi connectivity index (χ2n) is 20.0. The number of halogens is 4. The summed E-state index contributed by atoms with van der Waals surface area (Å²) in [6.07, 6.45) is 3.13. The number of sulfone groups is 1. The van der Waals surface area contributed by atoms with Crippen molar-refractivity contribution >= 4 is 61.9 Å². The second kappa shape index (κ2) is 22.7. The maximum atomic E-state index is 14.3. The molecule has 11 nitrogen and oxygen atoms in total. The van der Waals surface area contributed by atoms with Crippen molar-refractivity contribution in [3.8, 4) is 22.4 Å². The number of hydrogen-bond acceptors (Lipinski definition) is 10. The molecule has 3 N–H and O–H groups in total. The van der Waals surface area contributed by atoms with Crippen LogP contribution in [-0.2, 0) is 23.3 Å². The summed E-state index contributed by atoms with van der Waals surface area (Å²) in [4.78, 5) is 23.1. The van der Waals surface area contributed by atoms with E-state index < -0.39 is 25.8 Å². The maximum Gasteiger partial charge on any atom is 0.501 e. The fourth-order valence-electron chi connectivity index (χ4n) is 10.1. The van der Waals surface area contributed by atoms with E-state index in [1.807, 2.05) is 92.5 Å². The molecule has 1 atom stereocenters. The van der Waals surface area contributed by atoms with E-state index in [0.29, 0.717) is 68.2 Å². The lowest BCUT2D eigenvalue weighted by molar-refractivity contribution is -0.0435. The molecule has 3 aliphatic heterocycles. The summed E-state index contributed by atoms with van der Waals surface area (Å²) in [7, 11) is -3.67. The van der Waals surface area contributed by atoms with E-state index in [4.69, 9.17) is 11.6 Å². The van der Waals surface area contributed by atoms with Gasteiger partial charge in [0.1, 0.15) is 0 Å². The minimum Gasteiger partial charge on any atom is -0.390 e. The number of nitrogens with zero attached hydrogens (tertiary/aromatic N) is 5. The highest BCUT2D eigenvalue weighted by Crippen LogP contribution is 2.42. The molecule has 0 aliphatic carbocycles. The van der Waals surface area contributed by atoms with Gasteiger partial charge < -0.3 is 39.9 Å². The second-order valence-corrected chi connectivity index (χ2v) is 23.5. The fourth-order valence-corrected chi connectivity index (χ4v) is 12.2. The van der Waals surface area contributed by atoms with Crippen LogP contribution in [0, 0.1) is 6.92 Å². The highest BCUT2D eigenvalue weighted by molar-refractivity contribution is 7.99. The normalized spacial score (nSPS) is 16.7. The fraction of sp³-hybridized carbons (Fsp3) is 0.386. The first-order valence-electron chi connectivity index (χ1n) is 25.5. The molecule has 4 heterocycles. The number of thioether (sulfide) groups is 1. The Bertz CT molecular complexity index is 3010. The van der Waals surface area contributed by atoms with Crippen molar-refractivity contribution in [2.24, 2.45) is 7.05 Å². The van der Waals surface area contributed by atoms with Crippen LogP contribution in [0.1, 0.15) is 54.2 Å². The topological polar surface area (TPSA) is 113 Å². The van der Waals surface area contributed by atoms with Gasteiger partial charge in [-0.05, 0) is 135 Å². The largest absolute Gasteiger partial charge is 0.501 e. The van der Waals surface area contributed by atoms with Crippen molar-refractivity contribution in [2.45, 2.75) is 72.9 Å². The van der Waals surface area contributed by atoms with Crippen LogP contribution < -0.4 is 20.4 Å². The number of carbonyl (C=O) groups is 1. The third kappa shape index (κ3) is 12.2. The molecule has 0 spiro atoms. The van der Waals surface area contributed by atoms with Gasteiger partial charge in [0.25, 0.3) is 15.7 Å². The molecule has 0 bridgehead atoms. The number of piperidine rings is 1. The summed E-state index contributed by atoms with van der Waals surface area (Å²) in [5, 5.41) is 17.7. The van der Waals surface area contributed by atoms with Gasteiger partial charge in [-0.1, -0.05) is 60.1 Å². The summed E-state index contributed by atoms with van der Waals surface area (Å²) >= 11 is 7.86. The Balaban J connectivity index is 0.835. The lowest BCUT2D eigenvalue weighted by atomic mass is 9.94. The number of rotatable bonds is 18. The van der Waals surface area contributed by atoms with Crippen LogP contribution in [0.25, 0.3) is 22.4 Å². The zero-order valence-electron chi connectivity index (χ0n) is 42.2. The highest BCUT2D eigenvalue weighted by Gasteiger charge is 2.48. The molecule has 0 radical (unpaired) electrons. The van der Waals surface area contributed by atoms with Gasteiger partial charge in [-0.2, -0.15) is 13.2 Å². The van der Waals surface area contributed by atoms with Crippen LogP contribution in [0.3, 0.4) is 0 Å². The quantitative estimate of drug-likeness (QED) is 0.0719. The number of carbonyl (C=O) groups excluding carboxylic acids is 1. The molecule has 0 saturated carbocycles. The third-order valence-corrected chi connectivity index (χ3v) is 17.8. The molecule has 3 saturated heterocycles. The average Bonchev–Trinajstić information content (AvgIpc) is 3.64. The van der Waals surface area contributed by atoms with Crippen LogP contribution in [0.2, 0.25) is 5.02 Å². The van der Waals surface area contributed by atoms with E-state index in [1.54, 1.807) is 17.8 Å². The number of piperazine rings is 1. The Morgan fingerprint density at radius 3 is 2.14 bits per heavy atom. The molecule has 0 unspecified atom stereocenters. The number of aliphatic hydroxyl groups is 1. The van der Waals surface area contributed by atoms with Gasteiger partial charge in [0.15, 0.2) is 0 Å². The van der Waals surface area contributed by atoms with Gasteiger partial charge >= 0.3 is 5.51 Å². The molecule has 1 aromatic heterocycles. The van der Waals surface area contributed by atoms with Crippen molar-refractivity contribution < 1.29 is 31.5 Å². The number of benzene rings is 5. The zero-order chi connectivity index (χ0) is 52.2. The molecule has 3 aliphatic rings. The van der Waals surface area contributed by atoms with Crippen molar-refractivity contribution in [1.29, 1.82) is 0 Å². The number of amides is 1. The number of aromatic nitrogens is 1. The monoisotopic (exact) mass is 1070 g/mol. The van der Waals surface area contributed by atoms with Crippen LogP contribution in [0.4, 0.5) is 35.9 Å². The van der Waals surface area contributed by atoms with Crippen LogP contribution in [-0.4, -0.2) is 122 Å². The summed E-state index contributed by atoms with van der Waals surface area (Å²) in [6, 6.07) is 38.0. The lowest BCUT2D eigenvalue weighted by Crippen LogP contribution is -2.46. The van der Waals surface area contributed by atoms with Gasteiger partial charge in [-0.15, -0.1) is 11.8 Å². The number of hydrogen-bond donors (Lipinski definition) is 3. The molecule has 9 rings (SSSR count). The van der Waals surface area contributed by atoms with Gasteiger partial charge in [-0.25, -0.2) is 8.42 Å². The Morgan fingerprint density at radius 2 is 1.49 bits per heavy atom. The molecule has 5 aromatic carbocycles. The summed E-state index contributed by atoms with van der Waals surface area (Å²) in [5.74, 6) is 0.564. The zero-order valence-corrected chi connectivity index (χ0v) is 44.6. The minimum atomic E-state index is -5.69. The Hall–Kier alpha value is -5.65. The van der Waals surface area contributed by atoms with Gasteiger partial charge in [0.2, 0.25) is 0 Å². The molecule has 392 valence electrons. The number of alkyl halides is 3. The molecular weight excluding hydrogens is 1000 g/mol. The Kier molecular flexibility index (Phi) is 16.3. The van der Waals surface area contributed by atoms with Crippen molar-refractivity contribution in [3.05, 3.63) is 143 Å². The number of likely N-dealkylation sites (tertiary alicyclic amines) is 2. The molecule has 6 aromatic rings. The summed E-state index contributed by atoms with van der Waals surface area (Å²) in [5.41, 5.74) is 2.73. The Morgan fingerprint density at radius 1 is 0.811 bits per heavy atom. The smallest absolute Gasteiger partial charge is 0.390 e. The molecule has 17 heteroatoms. The first-order valence-corrected chi connectivity index (χ1v) is 28.3. The SMILES string of the molecule is Cc1c(C(=O)N2CCC2)c(-c2cccc(N3CCN(c4ccc(NCCc5ccc(N[C@H](CCN6CCC(C)(O)CC6)CSc6ccccc6)c(S(=O)(=O)C(F)(F)F)c5)cc4)CC3)c2)c(-c2ccc(Cl)cc2)n1C. The van der Waals surface area contributed by atoms with E-state index in [1.165, 1.54) is 6.07 Å². The van der Waals surface area contributed by atoms with Gasteiger partial charge in [0.05, 0.1) is 27.4 Å². The Labute approximate surface area is 442 Å². The number of anilines is 4. The van der Waals surface area contributed by atoms with E-state index in [9.17, 15) is 31.5 Å². The molecule has 1 amide bonds. The summed E-state index contributed by atoms with van der Waals surface area (Å²) < 4.78 is 71.3. The minimum absolute atomic E-state index is 0.0605. The standard InChI is InChI=1S/C57H65ClF3N7O4S2/c1-40-52(55(69)68-28-8-29-68)53(54(64(40)3)42-14-16-44(58)17-15-42)43-9-7-10-48(38-43)67-35-33-66(34-36-67)47-20-18-45(19-21-47)62-27-23-41-13-22-50(51(37-41)74(71,72)57(59,60)61)63-46(39-73-49-11-5-4-6-12-49)24-30-65-31-25-56(2,70)26-32-65/h4-7,9-22,37-38,46,62-63,70H,8,23-36,39H2,1-3H3/t46-/m1/s1. The molecule has 74 heavy (non-hydrogen) atoms. The third-order valence-electron chi connectivity index (χ3n) is 14.8. The van der Waals surface area contributed by atoms with Crippen molar-refractivity contribution in [1.82, 2.24) is 14.4 Å². The van der Waals surface area contributed by atoms with Gasteiger partial charge in [0, 0.05) is 123 Å². The number of nitrogens with one attached hydrogen (secondary N) is 2. The maximum absolute atomic E-state index is 14.3. The van der Waals surface area contributed by atoms with Crippen LogP contribution >= 0.6 is 23.4 Å². The van der Waals surface area contributed by atoms with E-state index in [-0.39, 0.29) is 17.6 Å². The first kappa shape index (κ1) is 53.2. The van der Waals surface area contributed by atoms with Crippen LogP contribution in [0.5, 0.6) is 0 Å².